The third-order valence-corrected chi connectivity index (χ3v) is 9.65. The molecule has 0 atom stereocenters. The van der Waals surface area contributed by atoms with Gasteiger partial charge in [0.1, 0.15) is 11.5 Å². The second kappa shape index (κ2) is 29.9. The van der Waals surface area contributed by atoms with E-state index in [-0.39, 0.29) is 23.9 Å². The Balaban J connectivity index is 0.00000122. The third-order valence-electron chi connectivity index (χ3n) is 9.65. The maximum atomic E-state index is 12.6. The molecule has 2 amide bonds. The quantitative estimate of drug-likeness (QED) is 0.0677. The molecule has 6 N–H and O–H groups in total. The molecule has 1 aliphatic rings. The molecule has 1 fully saturated rings. The topological polar surface area (TPSA) is 232 Å². The van der Waals surface area contributed by atoms with Crippen LogP contribution in [0.3, 0.4) is 0 Å². The molecule has 2 aromatic rings. The third kappa shape index (κ3) is 22.5. The van der Waals surface area contributed by atoms with Gasteiger partial charge in [-0.15, -0.1) is 0 Å². The van der Waals surface area contributed by atoms with Crippen LogP contribution in [0.25, 0.3) is 0 Å². The average molecular weight is 817 g/mol. The van der Waals surface area contributed by atoms with Crippen LogP contribution in [0.2, 0.25) is 0 Å². The number of benzene rings is 2. The fourth-order valence-corrected chi connectivity index (χ4v) is 6.42. The highest BCUT2D eigenvalue weighted by Crippen LogP contribution is 2.22. The maximum Gasteiger partial charge on any atom is 0.414 e. The van der Waals surface area contributed by atoms with Crippen LogP contribution < -0.4 is 20.1 Å². The van der Waals surface area contributed by atoms with Crippen molar-refractivity contribution >= 4 is 35.7 Å². The molecule has 0 saturated heterocycles. The maximum absolute atomic E-state index is 12.6. The van der Waals surface area contributed by atoms with Gasteiger partial charge in [-0.1, -0.05) is 63.1 Å². The molecular formula is C42H64N4O12. The number of rotatable bonds is 22. The van der Waals surface area contributed by atoms with Crippen molar-refractivity contribution in [2.24, 2.45) is 0 Å². The van der Waals surface area contributed by atoms with E-state index in [1.807, 2.05) is 24.3 Å². The highest BCUT2D eigenvalue weighted by atomic mass is 16.5. The van der Waals surface area contributed by atoms with Gasteiger partial charge in [-0.2, -0.15) is 0 Å². The summed E-state index contributed by atoms with van der Waals surface area (Å²) >= 11 is 0. The molecule has 0 aromatic heterocycles. The number of ether oxygens (including phenoxy) is 2. The van der Waals surface area contributed by atoms with Crippen molar-refractivity contribution in [3.8, 4) is 11.5 Å². The van der Waals surface area contributed by atoms with E-state index in [9.17, 15) is 9.59 Å². The molecular weight excluding hydrogens is 752 g/mol. The molecule has 0 aliphatic heterocycles. The number of aliphatic carboxylic acids is 4. The molecule has 0 radical (unpaired) electrons. The lowest BCUT2D eigenvalue weighted by atomic mass is 9.91. The van der Waals surface area contributed by atoms with Crippen LogP contribution in [-0.4, -0.2) is 118 Å². The monoisotopic (exact) mass is 816 g/mol. The molecule has 0 unspecified atom stereocenters. The van der Waals surface area contributed by atoms with Crippen molar-refractivity contribution in [1.82, 2.24) is 20.4 Å². The smallest absolute Gasteiger partial charge is 0.414 e. The molecule has 58 heavy (non-hydrogen) atoms. The molecule has 324 valence electrons. The van der Waals surface area contributed by atoms with Gasteiger partial charge in [0.15, 0.2) is 0 Å². The Bertz CT molecular complexity index is 1410. The molecule has 16 nitrogen and oxygen atoms in total. The summed E-state index contributed by atoms with van der Waals surface area (Å²) < 4.78 is 11.0. The second-order valence-corrected chi connectivity index (χ2v) is 13.9. The lowest BCUT2D eigenvalue weighted by molar-refractivity contribution is -0.159. The van der Waals surface area contributed by atoms with Crippen LogP contribution in [0.4, 0.5) is 0 Å². The lowest BCUT2D eigenvalue weighted by Gasteiger charge is -2.29. The van der Waals surface area contributed by atoms with Crippen LogP contribution in [0.5, 0.6) is 11.5 Å². The highest BCUT2D eigenvalue weighted by molar-refractivity contribution is 6.27. The van der Waals surface area contributed by atoms with Gasteiger partial charge in [0.25, 0.3) is 0 Å². The van der Waals surface area contributed by atoms with Crippen molar-refractivity contribution in [2.75, 3.05) is 40.4 Å². The van der Waals surface area contributed by atoms with Crippen LogP contribution >= 0.6 is 0 Å². The van der Waals surface area contributed by atoms with Crippen LogP contribution in [0.1, 0.15) is 102 Å². The number of nitrogens with one attached hydrogen (secondary N) is 2. The van der Waals surface area contributed by atoms with Crippen molar-refractivity contribution in [1.29, 1.82) is 0 Å². The Morgan fingerprint density at radius 2 is 0.879 bits per heavy atom. The minimum atomic E-state index is -1.82. The highest BCUT2D eigenvalue weighted by Gasteiger charge is 2.23. The first-order chi connectivity index (χ1) is 27.7. The van der Waals surface area contributed by atoms with Crippen molar-refractivity contribution in [2.45, 2.75) is 116 Å². The summed E-state index contributed by atoms with van der Waals surface area (Å²) in [6, 6.07) is 16.9. The first-order valence-electron chi connectivity index (χ1n) is 19.9. The van der Waals surface area contributed by atoms with Gasteiger partial charge in [0.2, 0.25) is 11.8 Å². The number of carboxylic acid groups (broad SMARTS) is 4. The number of hydrogen-bond donors (Lipinski definition) is 6. The Morgan fingerprint density at radius 3 is 1.17 bits per heavy atom. The Kier molecular flexibility index (Phi) is 26.2. The zero-order valence-electron chi connectivity index (χ0n) is 34.5. The Morgan fingerprint density at radius 1 is 0.552 bits per heavy atom. The predicted molar refractivity (Wildman–Crippen MR) is 218 cm³/mol. The summed E-state index contributed by atoms with van der Waals surface area (Å²) in [6.07, 6.45) is 11.0. The van der Waals surface area contributed by atoms with Gasteiger partial charge >= 0.3 is 23.9 Å². The van der Waals surface area contributed by atoms with Gasteiger partial charge in [0.05, 0.1) is 14.2 Å². The largest absolute Gasteiger partial charge is 0.496 e. The average Bonchev–Trinajstić information content (AvgIpc) is 3.21. The van der Waals surface area contributed by atoms with Crippen molar-refractivity contribution < 1.29 is 58.7 Å². The Hall–Kier alpha value is -5.22. The summed E-state index contributed by atoms with van der Waals surface area (Å²) in [5.41, 5.74) is 2.43. The standard InChI is InChI=1S/C38H60N4O4.2C2H2O4/c1-5-41(29-31-17-11-13-19-35(31)45-3)27-15-7-9-21-37(43)39-33-23-25-34(26-24-33)40-38(44)22-10-8-16-28-42(6-2)30-32-18-12-14-20-36(32)46-4;2*3-1(4)2(5)6/h11-14,17-20,33-34H,5-10,15-16,21-30H2,1-4H3,(H,39,43)(H,40,44);2*(H,3,4)(H,5,6). The van der Waals surface area contributed by atoms with Gasteiger partial charge in [-0.3, -0.25) is 19.4 Å². The first-order valence-corrected chi connectivity index (χ1v) is 19.9. The van der Waals surface area contributed by atoms with Gasteiger partial charge in [0, 0.05) is 49.1 Å². The molecule has 1 aliphatic carbocycles. The molecule has 0 spiro atoms. The summed E-state index contributed by atoms with van der Waals surface area (Å²) in [6.45, 7) is 10.2. The van der Waals surface area contributed by atoms with E-state index in [0.29, 0.717) is 12.8 Å². The first kappa shape index (κ1) is 50.8. The predicted octanol–water partition coefficient (Wildman–Crippen LogP) is 5.02. The summed E-state index contributed by atoms with van der Waals surface area (Å²) in [7, 11) is 3.45. The van der Waals surface area contributed by atoms with Crippen LogP contribution in [-0.2, 0) is 41.9 Å². The van der Waals surface area contributed by atoms with Crippen molar-refractivity contribution in [3.05, 3.63) is 59.7 Å². The number of hydrogen-bond acceptors (Lipinski definition) is 10. The SMILES string of the molecule is CCN(CCCCCC(=O)NC1CCC(NC(=O)CCCCCN(CC)Cc2ccccc2OC)CC1)Cc1ccccc1OC.O=C(O)C(=O)O.O=C(O)C(=O)O. The van der Waals surface area contributed by atoms with E-state index in [2.05, 4.69) is 58.5 Å². The fourth-order valence-electron chi connectivity index (χ4n) is 6.42. The number of carbonyl (C=O) groups is 6. The number of para-hydroxylation sites is 2. The van der Waals surface area contributed by atoms with Crippen LogP contribution in [0, 0.1) is 0 Å². The molecule has 2 aromatic carbocycles. The molecule has 16 heteroatoms. The summed E-state index contributed by atoms with van der Waals surface area (Å²) in [4.78, 5) is 66.4. The van der Waals surface area contributed by atoms with E-state index in [1.54, 1.807) is 14.2 Å². The minimum absolute atomic E-state index is 0.165. The van der Waals surface area contributed by atoms with Crippen LogP contribution in [0.15, 0.2) is 48.5 Å². The van der Waals surface area contributed by atoms with E-state index in [4.69, 9.17) is 49.1 Å². The molecule has 3 rings (SSSR count). The summed E-state index contributed by atoms with van der Waals surface area (Å²) in [5.74, 6) is -5.08. The lowest BCUT2D eigenvalue weighted by Crippen LogP contribution is -2.43. The number of nitrogens with zero attached hydrogens (tertiary/aromatic N) is 2. The fraction of sp³-hybridized carbons (Fsp3) is 0.571. The number of unbranched alkanes of at least 4 members (excludes halogenated alkanes) is 4. The zero-order chi connectivity index (χ0) is 43.3. The summed E-state index contributed by atoms with van der Waals surface area (Å²) in [5, 5.41) is 36.1. The second-order valence-electron chi connectivity index (χ2n) is 13.9. The normalized spacial score (nSPS) is 14.5. The zero-order valence-corrected chi connectivity index (χ0v) is 34.5. The van der Waals surface area contributed by atoms with E-state index in [0.717, 1.165) is 115 Å². The number of amides is 2. The minimum Gasteiger partial charge on any atom is -0.496 e. The molecule has 0 bridgehead atoms. The van der Waals surface area contributed by atoms with Gasteiger partial charge in [-0.05, 0) is 89.7 Å². The van der Waals surface area contributed by atoms with E-state index in [1.165, 1.54) is 11.1 Å². The van der Waals surface area contributed by atoms with Crippen molar-refractivity contribution in [3.63, 3.8) is 0 Å². The molecule has 0 heterocycles. The number of carboxylic acids is 4. The number of methoxy groups -OCH3 is 2. The van der Waals surface area contributed by atoms with Gasteiger partial charge in [-0.25, -0.2) is 19.2 Å². The number of carbonyl (C=O) groups excluding carboxylic acids is 2. The molecule has 1 saturated carbocycles. The van der Waals surface area contributed by atoms with E-state index < -0.39 is 23.9 Å². The Labute approximate surface area is 341 Å². The van der Waals surface area contributed by atoms with E-state index >= 15 is 0 Å². The van der Waals surface area contributed by atoms with Gasteiger partial charge < -0.3 is 40.5 Å².